The summed E-state index contributed by atoms with van der Waals surface area (Å²) in [6, 6.07) is 11.7. The van der Waals surface area contributed by atoms with E-state index in [-0.39, 0.29) is 24.6 Å². The van der Waals surface area contributed by atoms with Gasteiger partial charge in [0, 0.05) is 44.8 Å². The van der Waals surface area contributed by atoms with E-state index in [0.717, 1.165) is 22.7 Å². The van der Waals surface area contributed by atoms with Gasteiger partial charge in [-0.3, -0.25) is 9.59 Å². The monoisotopic (exact) mass is 399 g/mol. The predicted molar refractivity (Wildman–Crippen MR) is 107 cm³/mol. The highest BCUT2D eigenvalue weighted by Gasteiger charge is 2.39. The fraction of sp³-hybridized carbons (Fsp3) is 0.364. The van der Waals surface area contributed by atoms with E-state index in [0.29, 0.717) is 26.2 Å². The lowest BCUT2D eigenvalue weighted by atomic mass is 10.1. The number of anilines is 2. The first-order chi connectivity index (χ1) is 13.9. The molecule has 2 amide bonds. The number of amides is 2. The van der Waals surface area contributed by atoms with Crippen LogP contribution in [0.15, 0.2) is 42.5 Å². The molecule has 0 bridgehead atoms. The third-order valence-electron chi connectivity index (χ3n) is 5.64. The maximum atomic E-state index is 14.1. The zero-order valence-corrected chi connectivity index (χ0v) is 16.3. The molecule has 0 aliphatic carbocycles. The molecule has 7 heteroatoms. The minimum absolute atomic E-state index is 0.00755. The normalized spacial score (nSPS) is 19.8. The van der Waals surface area contributed by atoms with Gasteiger partial charge in [0.15, 0.2) is 0 Å². The molecule has 1 atom stereocenters. The Hall–Kier alpha value is -2.96. The van der Waals surface area contributed by atoms with Gasteiger partial charge in [0.2, 0.25) is 11.8 Å². The Morgan fingerprint density at radius 2 is 1.66 bits per heavy atom. The van der Waals surface area contributed by atoms with Crippen LogP contribution in [0.2, 0.25) is 0 Å². The fourth-order valence-electron chi connectivity index (χ4n) is 4.10. The van der Waals surface area contributed by atoms with Crippen molar-refractivity contribution in [3.05, 3.63) is 59.7 Å². The average Bonchev–Trinajstić information content (AvgIpc) is 3.09. The van der Waals surface area contributed by atoms with Crippen molar-refractivity contribution in [1.29, 1.82) is 0 Å². The molecule has 0 N–H and O–H groups in total. The number of carbonyl (C=O) groups excluding carboxylic acids is 2. The minimum atomic E-state index is -0.793. The highest BCUT2D eigenvalue weighted by molar-refractivity contribution is 6.00. The molecule has 2 fully saturated rings. The molecule has 2 heterocycles. The van der Waals surface area contributed by atoms with Crippen LogP contribution in [0, 0.1) is 24.5 Å². The van der Waals surface area contributed by atoms with Gasteiger partial charge in [0.25, 0.3) is 0 Å². The van der Waals surface area contributed by atoms with Crippen LogP contribution in [0.1, 0.15) is 12.0 Å². The molecule has 2 aliphatic heterocycles. The van der Waals surface area contributed by atoms with Crippen molar-refractivity contribution < 1.29 is 18.4 Å². The summed E-state index contributed by atoms with van der Waals surface area (Å²) in [7, 11) is 0. The van der Waals surface area contributed by atoms with Crippen molar-refractivity contribution in [2.24, 2.45) is 5.92 Å². The van der Waals surface area contributed by atoms with E-state index < -0.39 is 23.5 Å². The molecule has 2 aliphatic rings. The van der Waals surface area contributed by atoms with Gasteiger partial charge in [-0.05, 0) is 36.8 Å². The van der Waals surface area contributed by atoms with Crippen LogP contribution in [0.5, 0.6) is 0 Å². The van der Waals surface area contributed by atoms with Gasteiger partial charge in [-0.1, -0.05) is 18.2 Å². The van der Waals surface area contributed by atoms with Crippen molar-refractivity contribution >= 4 is 23.2 Å². The van der Waals surface area contributed by atoms with Crippen molar-refractivity contribution in [1.82, 2.24) is 4.90 Å². The third-order valence-corrected chi connectivity index (χ3v) is 5.64. The number of nitrogens with zero attached hydrogens (tertiary/aromatic N) is 3. The average molecular weight is 399 g/mol. The van der Waals surface area contributed by atoms with E-state index in [1.807, 2.05) is 19.1 Å². The first kappa shape index (κ1) is 19.4. The largest absolute Gasteiger partial charge is 0.368 e. The summed E-state index contributed by atoms with van der Waals surface area (Å²) in [5.74, 6) is -2.71. The second-order valence-corrected chi connectivity index (χ2v) is 7.63. The standard InChI is InChI=1S/C22H23F2N3O2/c1-15-4-2-5-17(12-15)25-8-10-26(11-9-25)22(29)16-13-20(28)27(14-16)21-18(23)6-3-7-19(21)24/h2-7,12,16H,8-11,13-14H2,1H3. The van der Waals surface area contributed by atoms with E-state index in [1.165, 1.54) is 11.6 Å². The Morgan fingerprint density at radius 1 is 1.00 bits per heavy atom. The van der Waals surface area contributed by atoms with Gasteiger partial charge >= 0.3 is 0 Å². The van der Waals surface area contributed by atoms with Gasteiger partial charge in [0.05, 0.1) is 5.92 Å². The van der Waals surface area contributed by atoms with Gasteiger partial charge in [0.1, 0.15) is 17.3 Å². The fourth-order valence-corrected chi connectivity index (χ4v) is 4.10. The number of para-hydroxylation sites is 1. The number of benzene rings is 2. The lowest BCUT2D eigenvalue weighted by molar-refractivity contribution is -0.136. The van der Waals surface area contributed by atoms with E-state index >= 15 is 0 Å². The lowest BCUT2D eigenvalue weighted by Crippen LogP contribution is -2.50. The number of carbonyl (C=O) groups is 2. The molecule has 2 aromatic carbocycles. The van der Waals surface area contributed by atoms with Gasteiger partial charge in [-0.15, -0.1) is 0 Å². The van der Waals surface area contributed by atoms with Crippen LogP contribution in [0.3, 0.4) is 0 Å². The van der Waals surface area contributed by atoms with E-state index in [2.05, 4.69) is 17.0 Å². The molecule has 152 valence electrons. The molecule has 0 spiro atoms. The van der Waals surface area contributed by atoms with E-state index in [1.54, 1.807) is 4.90 Å². The topological polar surface area (TPSA) is 43.9 Å². The lowest BCUT2D eigenvalue weighted by Gasteiger charge is -2.37. The van der Waals surface area contributed by atoms with Crippen molar-refractivity contribution in [3.63, 3.8) is 0 Å². The van der Waals surface area contributed by atoms with Crippen LogP contribution in [-0.2, 0) is 9.59 Å². The third kappa shape index (κ3) is 3.81. The number of rotatable bonds is 3. The van der Waals surface area contributed by atoms with Crippen LogP contribution in [-0.4, -0.2) is 49.4 Å². The molecular formula is C22H23F2N3O2. The summed E-state index contributed by atoms with van der Waals surface area (Å²) in [6.45, 7) is 4.60. The maximum Gasteiger partial charge on any atom is 0.228 e. The summed E-state index contributed by atoms with van der Waals surface area (Å²) in [6.07, 6.45) is -0.0231. The summed E-state index contributed by atoms with van der Waals surface area (Å²) in [4.78, 5) is 30.3. The number of halogens is 2. The zero-order chi connectivity index (χ0) is 20.5. The Morgan fingerprint density at radius 3 is 2.31 bits per heavy atom. The van der Waals surface area contributed by atoms with Gasteiger partial charge in [-0.2, -0.15) is 0 Å². The summed E-state index contributed by atoms with van der Waals surface area (Å²) >= 11 is 0. The summed E-state index contributed by atoms with van der Waals surface area (Å²) in [5, 5.41) is 0. The van der Waals surface area contributed by atoms with Crippen LogP contribution < -0.4 is 9.80 Å². The van der Waals surface area contributed by atoms with Crippen molar-refractivity contribution in [3.8, 4) is 0 Å². The maximum absolute atomic E-state index is 14.1. The second-order valence-electron chi connectivity index (χ2n) is 7.63. The SMILES string of the molecule is Cc1cccc(N2CCN(C(=O)C3CC(=O)N(c4c(F)cccc4F)C3)CC2)c1. The number of hydrogen-bond donors (Lipinski definition) is 0. The minimum Gasteiger partial charge on any atom is -0.368 e. The van der Waals surface area contributed by atoms with Crippen LogP contribution in [0.25, 0.3) is 0 Å². The summed E-state index contributed by atoms with van der Waals surface area (Å²) in [5.41, 5.74) is 1.96. The molecule has 2 aromatic rings. The molecule has 5 nitrogen and oxygen atoms in total. The molecule has 4 rings (SSSR count). The number of aryl methyl sites for hydroxylation is 1. The smallest absolute Gasteiger partial charge is 0.228 e. The number of hydrogen-bond acceptors (Lipinski definition) is 3. The van der Waals surface area contributed by atoms with Crippen molar-refractivity contribution in [2.45, 2.75) is 13.3 Å². The molecule has 1 unspecified atom stereocenters. The molecule has 0 saturated carbocycles. The summed E-state index contributed by atoms with van der Waals surface area (Å²) < 4.78 is 28.1. The molecule has 2 saturated heterocycles. The second kappa shape index (κ2) is 7.81. The molecular weight excluding hydrogens is 376 g/mol. The quantitative estimate of drug-likeness (QED) is 0.797. The van der Waals surface area contributed by atoms with Crippen molar-refractivity contribution in [2.75, 3.05) is 42.5 Å². The first-order valence-electron chi connectivity index (χ1n) is 9.79. The predicted octanol–water partition coefficient (Wildman–Crippen LogP) is 2.97. The highest BCUT2D eigenvalue weighted by atomic mass is 19.1. The molecule has 29 heavy (non-hydrogen) atoms. The van der Waals surface area contributed by atoms with E-state index in [9.17, 15) is 18.4 Å². The molecule has 0 radical (unpaired) electrons. The van der Waals surface area contributed by atoms with Gasteiger partial charge in [-0.25, -0.2) is 8.78 Å². The van der Waals surface area contributed by atoms with Gasteiger partial charge < -0.3 is 14.7 Å². The Labute approximate surface area is 168 Å². The Kier molecular flexibility index (Phi) is 5.22. The van der Waals surface area contributed by atoms with Crippen LogP contribution in [0.4, 0.5) is 20.2 Å². The first-order valence-corrected chi connectivity index (χ1v) is 9.79. The Balaban J connectivity index is 1.40. The van der Waals surface area contributed by atoms with Crippen LogP contribution >= 0.6 is 0 Å². The Bertz CT molecular complexity index is 921. The van der Waals surface area contributed by atoms with E-state index in [4.69, 9.17) is 0 Å². The zero-order valence-electron chi connectivity index (χ0n) is 16.3. The number of piperazine rings is 1. The highest BCUT2D eigenvalue weighted by Crippen LogP contribution is 2.31. The molecule has 0 aromatic heterocycles.